The van der Waals surface area contributed by atoms with Crippen LogP contribution in [-0.2, 0) is 27.8 Å². The summed E-state index contributed by atoms with van der Waals surface area (Å²) in [5, 5.41) is 3.65. The second kappa shape index (κ2) is 8.93. The Balaban J connectivity index is 1.80. The van der Waals surface area contributed by atoms with Crippen LogP contribution in [-0.4, -0.2) is 42.3 Å². The van der Waals surface area contributed by atoms with Crippen LogP contribution in [0.1, 0.15) is 19.2 Å². The number of aryl methyl sites for hydroxylation is 2. The number of hydrogen-bond donors (Lipinski definition) is 1. The Labute approximate surface area is 185 Å². The predicted octanol–water partition coefficient (Wildman–Crippen LogP) is 4.18. The standard InChI is InChI=1S/C20H22Cl2N4O3S/c1-4-26-18-6-5-16(30(28,29)25(2)3)12-17(18)24-19(26)7-8-20(27)23-15-10-13(21)9-14(22)11-15/h5-6,9-12H,4,7-8H2,1-3H3,(H,23,27). The maximum Gasteiger partial charge on any atom is 0.242 e. The van der Waals surface area contributed by atoms with Gasteiger partial charge in [0.05, 0.1) is 15.9 Å². The third kappa shape index (κ3) is 4.78. The highest BCUT2D eigenvalue weighted by Gasteiger charge is 2.19. The molecule has 10 heteroatoms. The third-order valence-electron chi connectivity index (χ3n) is 4.62. The largest absolute Gasteiger partial charge is 0.328 e. The van der Waals surface area contributed by atoms with Crippen molar-refractivity contribution in [3.63, 3.8) is 0 Å². The number of carbonyl (C=O) groups excluding carboxylic acids is 1. The second-order valence-corrected chi connectivity index (χ2v) is 9.94. The highest BCUT2D eigenvalue weighted by molar-refractivity contribution is 7.89. The lowest BCUT2D eigenvalue weighted by Gasteiger charge is -2.11. The summed E-state index contributed by atoms with van der Waals surface area (Å²) in [6, 6.07) is 9.73. The van der Waals surface area contributed by atoms with E-state index in [1.807, 2.05) is 11.5 Å². The molecule has 1 N–H and O–H groups in total. The summed E-state index contributed by atoms with van der Waals surface area (Å²) in [6.07, 6.45) is 0.606. The van der Waals surface area contributed by atoms with Gasteiger partial charge >= 0.3 is 0 Å². The molecule has 0 saturated carbocycles. The number of sulfonamides is 1. The van der Waals surface area contributed by atoms with Gasteiger partial charge in [0.15, 0.2) is 0 Å². The molecule has 0 aliphatic heterocycles. The summed E-state index contributed by atoms with van der Waals surface area (Å²) in [7, 11) is -0.573. The number of nitrogens with zero attached hydrogens (tertiary/aromatic N) is 3. The van der Waals surface area contributed by atoms with Crippen molar-refractivity contribution in [2.75, 3.05) is 19.4 Å². The number of anilines is 1. The Hall–Kier alpha value is -2.13. The first-order valence-corrected chi connectivity index (χ1v) is 11.5. The molecule has 0 spiro atoms. The zero-order valence-electron chi connectivity index (χ0n) is 16.8. The quantitative estimate of drug-likeness (QED) is 0.563. The molecule has 7 nitrogen and oxygen atoms in total. The summed E-state index contributed by atoms with van der Waals surface area (Å²) in [4.78, 5) is 17.1. The Bertz CT molecular complexity index is 1190. The van der Waals surface area contributed by atoms with Gasteiger partial charge in [-0.2, -0.15) is 0 Å². The van der Waals surface area contributed by atoms with Crippen molar-refractivity contribution in [2.24, 2.45) is 0 Å². The van der Waals surface area contributed by atoms with Crippen LogP contribution in [0.15, 0.2) is 41.3 Å². The van der Waals surface area contributed by atoms with Gasteiger partial charge in [-0.1, -0.05) is 23.2 Å². The Kier molecular flexibility index (Phi) is 6.71. The van der Waals surface area contributed by atoms with E-state index in [-0.39, 0.29) is 17.2 Å². The fraction of sp³-hybridized carbons (Fsp3) is 0.300. The van der Waals surface area contributed by atoms with Gasteiger partial charge in [-0.3, -0.25) is 4.79 Å². The number of nitrogens with one attached hydrogen (secondary N) is 1. The predicted molar refractivity (Wildman–Crippen MR) is 120 cm³/mol. The van der Waals surface area contributed by atoms with Crippen LogP contribution in [0.5, 0.6) is 0 Å². The number of amides is 1. The summed E-state index contributed by atoms with van der Waals surface area (Å²) >= 11 is 11.9. The molecule has 0 aliphatic carbocycles. The van der Waals surface area contributed by atoms with E-state index in [0.717, 1.165) is 5.52 Å². The normalized spacial score (nSPS) is 11.9. The molecular formula is C20H22Cl2N4O3S. The molecule has 0 saturated heterocycles. The second-order valence-electron chi connectivity index (χ2n) is 6.92. The van der Waals surface area contributed by atoms with E-state index in [1.165, 1.54) is 18.4 Å². The molecule has 30 heavy (non-hydrogen) atoms. The Morgan fingerprint density at radius 2 is 1.80 bits per heavy atom. The Morgan fingerprint density at radius 1 is 1.13 bits per heavy atom. The maximum atomic E-state index is 12.4. The highest BCUT2D eigenvalue weighted by atomic mass is 35.5. The minimum Gasteiger partial charge on any atom is -0.328 e. The minimum absolute atomic E-state index is 0.183. The molecule has 160 valence electrons. The fourth-order valence-electron chi connectivity index (χ4n) is 3.15. The van der Waals surface area contributed by atoms with Gasteiger partial charge in [-0.25, -0.2) is 17.7 Å². The number of fused-ring (bicyclic) bond motifs is 1. The molecule has 0 atom stereocenters. The first-order valence-electron chi connectivity index (χ1n) is 9.29. The molecule has 0 unspecified atom stereocenters. The number of imidazole rings is 1. The van der Waals surface area contributed by atoms with Crippen molar-refractivity contribution < 1.29 is 13.2 Å². The molecule has 0 fully saturated rings. The van der Waals surface area contributed by atoms with E-state index < -0.39 is 10.0 Å². The van der Waals surface area contributed by atoms with Gasteiger partial charge in [0.25, 0.3) is 0 Å². The van der Waals surface area contributed by atoms with E-state index in [4.69, 9.17) is 23.2 Å². The smallest absolute Gasteiger partial charge is 0.242 e. The Morgan fingerprint density at radius 3 is 2.40 bits per heavy atom. The van der Waals surface area contributed by atoms with Crippen LogP contribution in [0, 0.1) is 0 Å². The molecular weight excluding hydrogens is 447 g/mol. The average Bonchev–Trinajstić information content (AvgIpc) is 3.02. The van der Waals surface area contributed by atoms with E-state index >= 15 is 0 Å². The van der Waals surface area contributed by atoms with Crippen LogP contribution < -0.4 is 5.32 Å². The minimum atomic E-state index is -3.55. The number of hydrogen-bond acceptors (Lipinski definition) is 4. The molecule has 0 bridgehead atoms. The van der Waals surface area contributed by atoms with E-state index in [9.17, 15) is 13.2 Å². The lowest BCUT2D eigenvalue weighted by molar-refractivity contribution is -0.116. The number of carbonyl (C=O) groups is 1. The number of rotatable bonds is 7. The van der Waals surface area contributed by atoms with Gasteiger partial charge < -0.3 is 9.88 Å². The van der Waals surface area contributed by atoms with Crippen molar-refractivity contribution in [3.8, 4) is 0 Å². The molecule has 0 radical (unpaired) electrons. The fourth-order valence-corrected chi connectivity index (χ4v) is 4.60. The van der Waals surface area contributed by atoms with E-state index in [2.05, 4.69) is 10.3 Å². The third-order valence-corrected chi connectivity index (χ3v) is 6.86. The maximum absolute atomic E-state index is 12.4. The summed E-state index contributed by atoms with van der Waals surface area (Å²) in [6.45, 7) is 2.63. The van der Waals surface area contributed by atoms with Crippen LogP contribution >= 0.6 is 23.2 Å². The first kappa shape index (κ1) is 22.6. The van der Waals surface area contributed by atoms with Crippen LogP contribution in [0.25, 0.3) is 11.0 Å². The van der Waals surface area contributed by atoms with Crippen LogP contribution in [0.2, 0.25) is 10.0 Å². The van der Waals surface area contributed by atoms with Gasteiger partial charge in [-0.05, 0) is 43.3 Å². The summed E-state index contributed by atoms with van der Waals surface area (Å²) in [5.74, 6) is 0.519. The first-order chi connectivity index (χ1) is 14.1. The van der Waals surface area contributed by atoms with Gasteiger partial charge in [0, 0.05) is 49.2 Å². The van der Waals surface area contributed by atoms with Gasteiger partial charge in [0.1, 0.15) is 5.82 Å². The molecule has 3 aromatic rings. The molecule has 2 aromatic carbocycles. The monoisotopic (exact) mass is 468 g/mol. The number of benzene rings is 2. The van der Waals surface area contributed by atoms with Crippen LogP contribution in [0.3, 0.4) is 0 Å². The van der Waals surface area contributed by atoms with E-state index in [0.29, 0.717) is 40.0 Å². The van der Waals surface area contributed by atoms with E-state index in [1.54, 1.807) is 36.4 Å². The topological polar surface area (TPSA) is 84.3 Å². The highest BCUT2D eigenvalue weighted by Crippen LogP contribution is 2.24. The molecule has 1 heterocycles. The van der Waals surface area contributed by atoms with Crippen molar-refractivity contribution in [1.29, 1.82) is 0 Å². The van der Waals surface area contributed by atoms with Gasteiger partial charge in [0.2, 0.25) is 15.9 Å². The van der Waals surface area contributed by atoms with Crippen molar-refractivity contribution in [3.05, 3.63) is 52.3 Å². The number of aromatic nitrogens is 2. The molecule has 1 aromatic heterocycles. The van der Waals surface area contributed by atoms with Crippen molar-refractivity contribution in [1.82, 2.24) is 13.9 Å². The lowest BCUT2D eigenvalue weighted by Crippen LogP contribution is -2.22. The lowest BCUT2D eigenvalue weighted by atomic mass is 10.2. The van der Waals surface area contributed by atoms with Gasteiger partial charge in [-0.15, -0.1) is 0 Å². The average molecular weight is 469 g/mol. The summed E-state index contributed by atoms with van der Waals surface area (Å²) in [5.41, 5.74) is 1.93. The number of halogens is 2. The summed E-state index contributed by atoms with van der Waals surface area (Å²) < 4.78 is 27.9. The zero-order valence-corrected chi connectivity index (χ0v) is 19.1. The molecule has 1 amide bonds. The zero-order chi connectivity index (χ0) is 22.1. The SMILES string of the molecule is CCn1c(CCC(=O)Nc2cc(Cl)cc(Cl)c2)nc2cc(S(=O)(=O)N(C)C)ccc21. The molecule has 3 rings (SSSR count). The van der Waals surface area contributed by atoms with Crippen molar-refractivity contribution in [2.45, 2.75) is 31.2 Å². The van der Waals surface area contributed by atoms with Crippen LogP contribution in [0.4, 0.5) is 5.69 Å². The molecule has 0 aliphatic rings. The van der Waals surface area contributed by atoms with Crippen molar-refractivity contribution >= 4 is 55.9 Å².